The minimum atomic E-state index is -3.13. The fourth-order valence-electron chi connectivity index (χ4n) is 2.65. The minimum Gasteiger partial charge on any atom is -0.330 e. The van der Waals surface area contributed by atoms with E-state index < -0.39 is 14.6 Å². The molecular formula is C15H23NO2S. The molecule has 1 saturated carbocycles. The lowest BCUT2D eigenvalue weighted by atomic mass is 9.64. The molecule has 19 heavy (non-hydrogen) atoms. The second kappa shape index (κ2) is 4.60. The summed E-state index contributed by atoms with van der Waals surface area (Å²) in [6, 6.07) is 7.97. The van der Waals surface area contributed by atoms with E-state index in [1.54, 1.807) is 13.8 Å². The van der Waals surface area contributed by atoms with Crippen molar-refractivity contribution in [1.82, 2.24) is 0 Å². The SMILES string of the molecule is CC(C)(c1ccc(C2(CN)CCC2)cc1)S(C)(=O)=O. The van der Waals surface area contributed by atoms with Gasteiger partial charge in [-0.2, -0.15) is 0 Å². The van der Waals surface area contributed by atoms with Gasteiger partial charge in [-0.15, -0.1) is 0 Å². The van der Waals surface area contributed by atoms with Crippen molar-refractivity contribution in [3.05, 3.63) is 35.4 Å². The number of benzene rings is 1. The molecule has 0 bridgehead atoms. The molecule has 3 nitrogen and oxygen atoms in total. The lowest BCUT2D eigenvalue weighted by Gasteiger charge is -2.41. The summed E-state index contributed by atoms with van der Waals surface area (Å²) in [5.41, 5.74) is 8.11. The van der Waals surface area contributed by atoms with Crippen LogP contribution in [0.4, 0.5) is 0 Å². The van der Waals surface area contributed by atoms with E-state index in [4.69, 9.17) is 5.73 Å². The predicted molar refractivity (Wildman–Crippen MR) is 78.9 cm³/mol. The normalized spacial score (nSPS) is 18.9. The molecule has 4 heteroatoms. The summed E-state index contributed by atoms with van der Waals surface area (Å²) in [6.07, 6.45) is 4.79. The van der Waals surface area contributed by atoms with Crippen LogP contribution in [-0.2, 0) is 20.0 Å². The van der Waals surface area contributed by atoms with E-state index in [-0.39, 0.29) is 5.41 Å². The molecular weight excluding hydrogens is 258 g/mol. The van der Waals surface area contributed by atoms with E-state index in [1.165, 1.54) is 18.2 Å². The first-order chi connectivity index (χ1) is 8.73. The van der Waals surface area contributed by atoms with Crippen molar-refractivity contribution in [2.24, 2.45) is 5.73 Å². The van der Waals surface area contributed by atoms with Crippen LogP contribution in [-0.4, -0.2) is 21.2 Å². The van der Waals surface area contributed by atoms with Crippen molar-refractivity contribution < 1.29 is 8.42 Å². The second-order valence-corrected chi connectivity index (χ2v) is 8.76. The van der Waals surface area contributed by atoms with E-state index in [0.717, 1.165) is 18.4 Å². The minimum absolute atomic E-state index is 0.133. The highest BCUT2D eigenvalue weighted by Gasteiger charge is 2.38. The highest BCUT2D eigenvalue weighted by molar-refractivity contribution is 7.91. The van der Waals surface area contributed by atoms with Crippen LogP contribution in [0.15, 0.2) is 24.3 Å². The predicted octanol–water partition coefficient (Wildman–Crippen LogP) is 2.35. The largest absolute Gasteiger partial charge is 0.330 e. The Kier molecular flexibility index (Phi) is 3.52. The topological polar surface area (TPSA) is 60.2 Å². The zero-order valence-electron chi connectivity index (χ0n) is 11.9. The third-order valence-electron chi connectivity index (χ3n) is 4.82. The molecule has 0 aliphatic heterocycles. The van der Waals surface area contributed by atoms with Gasteiger partial charge in [-0.3, -0.25) is 0 Å². The van der Waals surface area contributed by atoms with Gasteiger partial charge in [-0.1, -0.05) is 30.7 Å². The number of rotatable bonds is 4. The zero-order chi connectivity index (χ0) is 14.3. The molecule has 1 aromatic carbocycles. The molecule has 0 radical (unpaired) electrons. The van der Waals surface area contributed by atoms with Crippen LogP contribution < -0.4 is 5.73 Å². The zero-order valence-corrected chi connectivity index (χ0v) is 12.8. The number of sulfone groups is 1. The van der Waals surface area contributed by atoms with Gasteiger partial charge in [-0.05, 0) is 37.8 Å². The molecule has 0 aromatic heterocycles. The van der Waals surface area contributed by atoms with E-state index >= 15 is 0 Å². The van der Waals surface area contributed by atoms with Gasteiger partial charge < -0.3 is 5.73 Å². The molecule has 0 heterocycles. The Morgan fingerprint density at radius 1 is 1.21 bits per heavy atom. The molecule has 1 aliphatic carbocycles. The van der Waals surface area contributed by atoms with Crippen molar-refractivity contribution in [3.8, 4) is 0 Å². The maximum atomic E-state index is 11.8. The number of hydrogen-bond donors (Lipinski definition) is 1. The third kappa shape index (κ3) is 2.32. The molecule has 0 amide bonds. The highest BCUT2D eigenvalue weighted by atomic mass is 32.2. The molecule has 0 saturated heterocycles. The Hall–Kier alpha value is -0.870. The molecule has 0 spiro atoms. The fraction of sp³-hybridized carbons (Fsp3) is 0.600. The Morgan fingerprint density at radius 3 is 2.05 bits per heavy atom. The van der Waals surface area contributed by atoms with E-state index in [2.05, 4.69) is 0 Å². The van der Waals surface area contributed by atoms with Crippen LogP contribution in [0.2, 0.25) is 0 Å². The van der Waals surface area contributed by atoms with Crippen molar-refractivity contribution >= 4 is 9.84 Å². The van der Waals surface area contributed by atoms with Crippen LogP contribution in [0.25, 0.3) is 0 Å². The average molecular weight is 281 g/mol. The summed E-state index contributed by atoms with van der Waals surface area (Å²) in [4.78, 5) is 0. The van der Waals surface area contributed by atoms with Crippen LogP contribution >= 0.6 is 0 Å². The lowest BCUT2D eigenvalue weighted by Crippen LogP contribution is -2.41. The Balaban J connectivity index is 2.34. The van der Waals surface area contributed by atoms with Gasteiger partial charge in [0.2, 0.25) is 0 Å². The fourth-order valence-corrected chi connectivity index (χ4v) is 3.22. The van der Waals surface area contributed by atoms with Gasteiger partial charge in [-0.25, -0.2) is 8.42 Å². The molecule has 0 atom stereocenters. The quantitative estimate of drug-likeness (QED) is 0.921. The second-order valence-electron chi connectivity index (χ2n) is 6.20. The summed E-state index contributed by atoms with van der Waals surface area (Å²) < 4.78 is 22.8. The molecule has 2 N–H and O–H groups in total. The van der Waals surface area contributed by atoms with Crippen LogP contribution in [0.5, 0.6) is 0 Å². The summed E-state index contributed by atoms with van der Waals surface area (Å²) in [7, 11) is -3.13. The standard InChI is InChI=1S/C15H23NO2S/c1-14(2,19(3,17)18)12-5-7-13(8-6-12)15(11-16)9-4-10-15/h5-8H,4,9-11,16H2,1-3H3. The molecule has 0 unspecified atom stereocenters. The Bertz CT molecular complexity index is 549. The molecule has 1 aromatic rings. The maximum absolute atomic E-state index is 11.8. The summed E-state index contributed by atoms with van der Waals surface area (Å²) in [5.74, 6) is 0. The van der Waals surface area contributed by atoms with Gasteiger partial charge in [0.15, 0.2) is 9.84 Å². The van der Waals surface area contributed by atoms with Crippen molar-refractivity contribution in [2.45, 2.75) is 43.3 Å². The van der Waals surface area contributed by atoms with E-state index in [1.807, 2.05) is 24.3 Å². The first kappa shape index (κ1) is 14.5. The Morgan fingerprint density at radius 2 is 1.74 bits per heavy atom. The van der Waals surface area contributed by atoms with Gasteiger partial charge in [0.05, 0.1) is 4.75 Å². The lowest BCUT2D eigenvalue weighted by molar-refractivity contribution is 0.253. The van der Waals surface area contributed by atoms with Crippen LogP contribution in [0, 0.1) is 0 Å². The first-order valence-corrected chi connectivity index (χ1v) is 8.63. The van der Waals surface area contributed by atoms with Gasteiger partial charge in [0, 0.05) is 18.2 Å². The summed E-state index contributed by atoms with van der Waals surface area (Å²) in [6.45, 7) is 4.17. The van der Waals surface area contributed by atoms with Crippen molar-refractivity contribution in [1.29, 1.82) is 0 Å². The molecule has 1 fully saturated rings. The van der Waals surface area contributed by atoms with Gasteiger partial charge in [0.25, 0.3) is 0 Å². The monoisotopic (exact) mass is 281 g/mol. The smallest absolute Gasteiger partial charge is 0.156 e. The molecule has 2 rings (SSSR count). The maximum Gasteiger partial charge on any atom is 0.156 e. The molecule has 106 valence electrons. The Labute approximate surface area is 116 Å². The third-order valence-corrected chi connectivity index (χ3v) is 6.91. The van der Waals surface area contributed by atoms with E-state index in [9.17, 15) is 8.42 Å². The average Bonchev–Trinajstić information content (AvgIpc) is 2.27. The van der Waals surface area contributed by atoms with Crippen LogP contribution in [0.1, 0.15) is 44.2 Å². The van der Waals surface area contributed by atoms with Gasteiger partial charge >= 0.3 is 0 Å². The number of nitrogens with two attached hydrogens (primary N) is 1. The van der Waals surface area contributed by atoms with E-state index in [0.29, 0.717) is 6.54 Å². The van der Waals surface area contributed by atoms with Crippen LogP contribution in [0.3, 0.4) is 0 Å². The summed E-state index contributed by atoms with van der Waals surface area (Å²) >= 11 is 0. The van der Waals surface area contributed by atoms with Crippen molar-refractivity contribution in [3.63, 3.8) is 0 Å². The van der Waals surface area contributed by atoms with Gasteiger partial charge in [0.1, 0.15) is 0 Å². The van der Waals surface area contributed by atoms with Crippen molar-refractivity contribution in [2.75, 3.05) is 12.8 Å². The molecule has 1 aliphatic rings. The highest BCUT2D eigenvalue weighted by Crippen LogP contribution is 2.43. The number of hydrogen-bond acceptors (Lipinski definition) is 3. The summed E-state index contributed by atoms with van der Waals surface area (Å²) in [5, 5.41) is 0. The first-order valence-electron chi connectivity index (χ1n) is 6.74.